The zero-order chi connectivity index (χ0) is 25.0. The normalized spacial score (nSPS) is 13.3. The van der Waals surface area contributed by atoms with Crippen LogP contribution in [0.2, 0.25) is 0 Å². The van der Waals surface area contributed by atoms with Gasteiger partial charge in [0.15, 0.2) is 5.69 Å². The molecule has 1 heterocycles. The first-order valence-electron chi connectivity index (χ1n) is 9.23. The summed E-state index contributed by atoms with van der Waals surface area (Å²) >= 11 is 0. The third-order valence-corrected chi connectivity index (χ3v) is 6.81. The summed E-state index contributed by atoms with van der Waals surface area (Å²) in [6.07, 6.45) is 0. The highest BCUT2D eigenvalue weighted by atomic mass is 32.2. The van der Waals surface area contributed by atoms with Crippen LogP contribution in [0.25, 0.3) is 11.3 Å². The van der Waals surface area contributed by atoms with Crippen molar-refractivity contribution in [2.75, 3.05) is 0 Å². The largest absolute Gasteiger partial charge is 0.534 e. The summed E-state index contributed by atoms with van der Waals surface area (Å²) < 4.78 is 97.2. The number of esters is 1. The Labute approximate surface area is 187 Å². The number of carbonyl (C=O) groups is 1. The predicted molar refractivity (Wildman–Crippen MR) is 110 cm³/mol. The van der Waals surface area contributed by atoms with Crippen LogP contribution in [0, 0.1) is 6.92 Å². The Kier molecular flexibility index (Phi) is 5.82. The van der Waals surface area contributed by atoms with Crippen molar-refractivity contribution in [2.24, 2.45) is 0 Å². The van der Waals surface area contributed by atoms with Crippen LogP contribution in [-0.2, 0) is 24.9 Å². The van der Waals surface area contributed by atoms with Gasteiger partial charge >= 0.3 is 21.6 Å². The topological polar surface area (TPSA) is 125 Å². The van der Waals surface area contributed by atoms with E-state index in [0.29, 0.717) is 4.09 Å². The van der Waals surface area contributed by atoms with Crippen LogP contribution in [0.4, 0.5) is 13.2 Å². The van der Waals surface area contributed by atoms with E-state index in [1.165, 1.54) is 24.3 Å². The molecule has 1 aromatic rings. The minimum atomic E-state index is -6.03. The number of ether oxygens (including phenoxy) is 1. The molecule has 0 radical (unpaired) electrons. The van der Waals surface area contributed by atoms with Gasteiger partial charge in [-0.2, -0.15) is 34.1 Å². The minimum Gasteiger partial charge on any atom is -0.455 e. The van der Waals surface area contributed by atoms with Gasteiger partial charge in [-0.25, -0.2) is 4.79 Å². The van der Waals surface area contributed by atoms with Gasteiger partial charge in [0, 0.05) is 11.6 Å². The highest BCUT2D eigenvalue weighted by Crippen LogP contribution is 2.38. The van der Waals surface area contributed by atoms with Crippen LogP contribution >= 0.6 is 0 Å². The number of nitrogens with zero attached hydrogens (tertiary/aromatic N) is 1. The van der Waals surface area contributed by atoms with Crippen LogP contribution in [0.5, 0.6) is 5.75 Å². The van der Waals surface area contributed by atoms with Crippen LogP contribution in [0.1, 0.15) is 36.8 Å². The van der Waals surface area contributed by atoms with Crippen LogP contribution in [-0.4, -0.2) is 43.1 Å². The summed E-state index contributed by atoms with van der Waals surface area (Å²) in [4.78, 5) is 12.5. The van der Waals surface area contributed by atoms with E-state index < -0.39 is 48.7 Å². The first-order chi connectivity index (χ1) is 14.9. The second-order valence-electron chi connectivity index (χ2n) is 8.04. The maximum atomic E-state index is 13.2. The standard InChI is InChI=1S/C19H19F3N2O7S2/c1-11-5-7-13(8-6-11)32(26,27)24-15-10-12(31-33(28,29)19(20,21)22)9-14(15)16(23-24)17(25)30-18(2,3)4/h5-10,23H,1-4H3. The Morgan fingerprint density at radius 3 is 2.09 bits per heavy atom. The molecular formula is C19H19F3N2O7S2. The molecule has 0 amide bonds. The number of H-pyrrole nitrogens is 1. The first kappa shape index (κ1) is 24.6. The lowest BCUT2D eigenvalue weighted by Gasteiger charge is -2.18. The summed E-state index contributed by atoms with van der Waals surface area (Å²) in [6, 6.07) is 7.21. The average molecular weight is 508 g/mol. The van der Waals surface area contributed by atoms with Crippen LogP contribution in [0.3, 0.4) is 0 Å². The predicted octanol–water partition coefficient (Wildman–Crippen LogP) is 3.65. The van der Waals surface area contributed by atoms with Gasteiger partial charge in [-0.15, -0.1) is 0 Å². The number of hydrogen-bond donors (Lipinski definition) is 1. The van der Waals surface area contributed by atoms with Gasteiger partial charge < -0.3 is 8.92 Å². The Balaban J connectivity index is 2.20. The van der Waals surface area contributed by atoms with E-state index in [-0.39, 0.29) is 16.2 Å². The summed E-state index contributed by atoms with van der Waals surface area (Å²) in [5.41, 5.74) is -6.88. The van der Waals surface area contributed by atoms with Gasteiger partial charge in [0.05, 0.1) is 10.6 Å². The third kappa shape index (κ3) is 4.85. The third-order valence-electron chi connectivity index (χ3n) is 4.19. The van der Waals surface area contributed by atoms with E-state index in [2.05, 4.69) is 9.28 Å². The quantitative estimate of drug-likeness (QED) is 0.317. The summed E-state index contributed by atoms with van der Waals surface area (Å²) in [6.45, 7) is 6.39. The Hall–Kier alpha value is -3.00. The van der Waals surface area contributed by atoms with Crippen molar-refractivity contribution in [1.82, 2.24) is 9.19 Å². The summed E-state index contributed by atoms with van der Waals surface area (Å²) in [5, 5.41) is 2.39. The molecule has 0 atom stereocenters. The van der Waals surface area contributed by atoms with Crippen LogP contribution in [0.15, 0.2) is 41.3 Å². The number of aromatic amines is 1. The second-order valence-corrected chi connectivity index (χ2v) is 11.4. The van der Waals surface area contributed by atoms with Gasteiger partial charge in [-0.1, -0.05) is 17.7 Å². The molecule has 2 aliphatic rings. The molecule has 14 heteroatoms. The van der Waals surface area contributed by atoms with Crippen molar-refractivity contribution in [1.29, 1.82) is 0 Å². The molecule has 0 bridgehead atoms. The van der Waals surface area contributed by atoms with Crippen molar-refractivity contribution < 1.29 is 43.7 Å². The van der Waals surface area contributed by atoms with Gasteiger partial charge in [0.1, 0.15) is 11.4 Å². The molecule has 1 aliphatic carbocycles. The van der Waals surface area contributed by atoms with Gasteiger partial charge in [0.25, 0.3) is 10.0 Å². The Bertz CT molecular complexity index is 1380. The van der Waals surface area contributed by atoms with Gasteiger partial charge in [-0.05, 0) is 45.9 Å². The molecule has 33 heavy (non-hydrogen) atoms. The Morgan fingerprint density at radius 1 is 1.00 bits per heavy atom. The van der Waals surface area contributed by atoms with E-state index in [9.17, 15) is 34.8 Å². The fourth-order valence-corrected chi connectivity index (χ4v) is 4.53. The van der Waals surface area contributed by atoms with Gasteiger partial charge in [0.2, 0.25) is 0 Å². The number of hydrogen-bond acceptors (Lipinski definition) is 7. The lowest BCUT2D eigenvalue weighted by molar-refractivity contribution is -0.0500. The molecule has 1 aliphatic heterocycles. The van der Waals surface area contributed by atoms with E-state index >= 15 is 0 Å². The molecule has 0 spiro atoms. The molecule has 0 aromatic heterocycles. The number of rotatable bonds is 5. The Morgan fingerprint density at radius 2 is 1.58 bits per heavy atom. The molecule has 3 rings (SSSR count). The molecule has 0 saturated heterocycles. The smallest absolute Gasteiger partial charge is 0.455 e. The van der Waals surface area contributed by atoms with Crippen molar-refractivity contribution in [3.05, 3.63) is 47.7 Å². The molecule has 9 nitrogen and oxygen atoms in total. The van der Waals surface area contributed by atoms with Gasteiger partial charge in [-0.3, -0.25) is 5.10 Å². The zero-order valence-corrected chi connectivity index (χ0v) is 19.4. The second kappa shape index (κ2) is 7.80. The molecule has 0 unspecified atom stereocenters. The van der Waals surface area contributed by atoms with Crippen molar-refractivity contribution >= 4 is 26.1 Å². The van der Waals surface area contributed by atoms with E-state index in [1.54, 1.807) is 27.7 Å². The number of carbonyl (C=O) groups excluding carboxylic acids is 1. The zero-order valence-electron chi connectivity index (χ0n) is 17.7. The van der Waals surface area contributed by atoms with Crippen molar-refractivity contribution in [2.45, 2.75) is 43.7 Å². The molecule has 1 N–H and O–H groups in total. The number of aromatic nitrogens is 2. The van der Waals surface area contributed by atoms with Crippen molar-refractivity contribution in [3.63, 3.8) is 0 Å². The number of alkyl halides is 3. The monoisotopic (exact) mass is 508 g/mol. The SMILES string of the molecule is Cc1ccc(S(=O)(=O)n2[nH]c(C(=O)OC(C)(C)C)c3cc(OS(=O)(=O)C(F)(F)F)cc2-3)cc1. The minimum absolute atomic E-state index is 0.191. The fraction of sp³-hybridized carbons (Fsp3) is 0.316. The highest BCUT2D eigenvalue weighted by Gasteiger charge is 2.49. The molecule has 1 aromatic carbocycles. The maximum Gasteiger partial charge on any atom is 0.534 e. The van der Waals surface area contributed by atoms with Crippen molar-refractivity contribution in [3.8, 4) is 17.0 Å². The highest BCUT2D eigenvalue weighted by molar-refractivity contribution is 7.90. The molecular weight excluding hydrogens is 489 g/mol. The number of aryl methyl sites for hydroxylation is 1. The molecule has 180 valence electrons. The summed E-state index contributed by atoms with van der Waals surface area (Å²) in [7, 11) is -10.4. The lowest BCUT2D eigenvalue weighted by Crippen LogP contribution is -2.27. The van der Waals surface area contributed by atoms with E-state index in [0.717, 1.165) is 17.7 Å². The lowest BCUT2D eigenvalue weighted by atomic mass is 10.2. The fourth-order valence-electron chi connectivity index (χ4n) is 2.77. The molecule has 0 saturated carbocycles. The number of benzene rings is 1. The average Bonchev–Trinajstić information content (AvgIpc) is 3.17. The first-order valence-corrected chi connectivity index (χ1v) is 12.1. The number of fused-ring (bicyclic) bond motifs is 1. The molecule has 0 fully saturated rings. The summed E-state index contributed by atoms with van der Waals surface area (Å²) in [5.74, 6) is -1.84. The van der Waals surface area contributed by atoms with E-state index in [1.807, 2.05) is 0 Å². The number of nitrogens with one attached hydrogen (secondary N) is 1. The number of halogens is 3. The van der Waals surface area contributed by atoms with Crippen LogP contribution < -0.4 is 4.18 Å². The van der Waals surface area contributed by atoms with E-state index in [4.69, 9.17) is 4.74 Å². The maximum absolute atomic E-state index is 13.2.